The number of carbonyl (C=O) groups excluding carboxylic acids is 1. The van der Waals surface area contributed by atoms with Crippen LogP contribution in [-0.4, -0.2) is 30.6 Å². The number of isocyanates is 1. The van der Waals surface area contributed by atoms with Crippen molar-refractivity contribution in [3.05, 3.63) is 27.7 Å². The minimum absolute atomic E-state index is 0. The zero-order valence-electron chi connectivity index (χ0n) is 10.4. The second-order valence-electron chi connectivity index (χ2n) is 4.41. The molecule has 0 atom stereocenters. The lowest BCUT2D eigenvalue weighted by Crippen LogP contribution is -2.21. The topological polar surface area (TPSA) is 32.7 Å². The molecule has 0 radical (unpaired) electrons. The summed E-state index contributed by atoms with van der Waals surface area (Å²) in [7, 11) is 0. The van der Waals surface area contributed by atoms with E-state index in [1.54, 1.807) is 0 Å². The molecule has 1 aromatic carbocycles. The zero-order chi connectivity index (χ0) is 13.0. The lowest BCUT2D eigenvalue weighted by molar-refractivity contribution is 0.343. The van der Waals surface area contributed by atoms with E-state index < -0.39 is 0 Å². The molecule has 0 saturated carbocycles. The average molecular weight is 322 g/mol. The average Bonchev–Trinajstić information content (AvgIpc) is 2.84. The molecule has 1 fully saturated rings. The predicted octanol–water partition coefficient (Wildman–Crippen LogP) is 4.02. The highest BCUT2D eigenvalue weighted by Crippen LogP contribution is 2.34. The van der Waals surface area contributed by atoms with Crippen LogP contribution in [0.2, 0.25) is 10.0 Å². The normalized spacial score (nSPS) is 14.8. The van der Waals surface area contributed by atoms with E-state index in [0.717, 1.165) is 18.5 Å². The third kappa shape index (κ3) is 4.48. The van der Waals surface area contributed by atoms with E-state index in [0.29, 0.717) is 15.7 Å². The van der Waals surface area contributed by atoms with Gasteiger partial charge in [0.25, 0.3) is 0 Å². The van der Waals surface area contributed by atoms with Crippen LogP contribution in [0.5, 0.6) is 0 Å². The van der Waals surface area contributed by atoms with Gasteiger partial charge in [-0.1, -0.05) is 23.2 Å². The predicted molar refractivity (Wildman–Crippen MR) is 80.9 cm³/mol. The van der Waals surface area contributed by atoms with E-state index in [9.17, 15) is 4.79 Å². The Hall–Kier alpha value is -0.570. The summed E-state index contributed by atoms with van der Waals surface area (Å²) in [5.41, 5.74) is 1.38. The number of aliphatic imine (C=N–C) groups is 1. The maximum atomic E-state index is 10.2. The Bertz CT molecular complexity index is 458. The third-order valence-electron chi connectivity index (χ3n) is 3.15. The number of hydrogen-bond acceptors (Lipinski definition) is 3. The number of benzene rings is 1. The van der Waals surface area contributed by atoms with Gasteiger partial charge in [-0.25, -0.2) is 4.79 Å². The van der Waals surface area contributed by atoms with Crippen LogP contribution in [0.1, 0.15) is 18.4 Å². The molecule has 0 spiro atoms. The molecule has 0 aliphatic carbocycles. The quantitative estimate of drug-likeness (QED) is 0.620. The molecular weight excluding hydrogens is 307 g/mol. The zero-order valence-corrected chi connectivity index (χ0v) is 12.7. The molecule has 3 nitrogen and oxygen atoms in total. The van der Waals surface area contributed by atoms with Crippen molar-refractivity contribution >= 4 is 47.4 Å². The number of rotatable bonds is 4. The summed E-state index contributed by atoms with van der Waals surface area (Å²) in [6, 6.07) is 3.64. The van der Waals surface area contributed by atoms with Gasteiger partial charge in [-0.15, -0.1) is 12.4 Å². The number of likely N-dealkylation sites (tertiary alicyclic amines) is 1. The third-order valence-corrected chi connectivity index (χ3v) is 3.73. The highest BCUT2D eigenvalue weighted by molar-refractivity contribution is 6.38. The maximum Gasteiger partial charge on any atom is 0.240 e. The fourth-order valence-corrected chi connectivity index (χ4v) is 2.83. The molecule has 1 heterocycles. The van der Waals surface area contributed by atoms with Crippen LogP contribution in [0.25, 0.3) is 0 Å². The fraction of sp³-hybridized carbons (Fsp3) is 0.462. The Kier molecular flexibility index (Phi) is 6.84. The molecule has 1 aliphatic rings. The highest BCUT2D eigenvalue weighted by Gasteiger charge is 2.12. The van der Waals surface area contributed by atoms with Crippen LogP contribution in [0.4, 0.5) is 5.69 Å². The van der Waals surface area contributed by atoms with Crippen LogP contribution in [-0.2, 0) is 11.2 Å². The lowest BCUT2D eigenvalue weighted by Gasteiger charge is -2.14. The first kappa shape index (κ1) is 16.5. The van der Waals surface area contributed by atoms with Crippen molar-refractivity contribution in [2.24, 2.45) is 4.99 Å². The van der Waals surface area contributed by atoms with Gasteiger partial charge >= 0.3 is 0 Å². The van der Waals surface area contributed by atoms with Gasteiger partial charge in [0.15, 0.2) is 0 Å². The van der Waals surface area contributed by atoms with Gasteiger partial charge in [0.2, 0.25) is 6.08 Å². The van der Waals surface area contributed by atoms with E-state index in [2.05, 4.69) is 9.89 Å². The largest absolute Gasteiger partial charge is 0.303 e. The molecule has 1 saturated heterocycles. The first-order chi connectivity index (χ1) is 8.70. The van der Waals surface area contributed by atoms with E-state index in [1.165, 1.54) is 32.0 Å². The van der Waals surface area contributed by atoms with Gasteiger partial charge in [-0.05, 0) is 50.0 Å². The second-order valence-corrected chi connectivity index (χ2v) is 5.22. The van der Waals surface area contributed by atoms with E-state index in [1.807, 2.05) is 12.1 Å². The summed E-state index contributed by atoms with van der Waals surface area (Å²) in [5, 5.41) is 0.810. The molecule has 19 heavy (non-hydrogen) atoms. The summed E-state index contributed by atoms with van der Waals surface area (Å²) >= 11 is 12.1. The monoisotopic (exact) mass is 320 g/mol. The second kappa shape index (κ2) is 7.88. The summed E-state index contributed by atoms with van der Waals surface area (Å²) in [6.45, 7) is 3.37. The first-order valence-electron chi connectivity index (χ1n) is 5.99. The van der Waals surface area contributed by atoms with Crippen LogP contribution in [0, 0.1) is 0 Å². The molecule has 0 N–H and O–H groups in total. The van der Waals surface area contributed by atoms with E-state index in [-0.39, 0.29) is 12.4 Å². The molecule has 0 unspecified atom stereocenters. The van der Waals surface area contributed by atoms with Crippen LogP contribution < -0.4 is 0 Å². The highest BCUT2D eigenvalue weighted by atomic mass is 35.5. The van der Waals surface area contributed by atoms with Crippen molar-refractivity contribution in [2.75, 3.05) is 19.6 Å². The minimum Gasteiger partial charge on any atom is -0.303 e. The SMILES string of the molecule is Cl.O=C=Nc1c(Cl)cc(CCN2CCCC2)cc1Cl. The molecule has 2 rings (SSSR count). The Morgan fingerprint density at radius 2 is 1.79 bits per heavy atom. The summed E-state index contributed by atoms with van der Waals surface area (Å²) in [6.07, 6.45) is 4.94. The number of halogens is 3. The van der Waals surface area contributed by atoms with Crippen molar-refractivity contribution in [3.63, 3.8) is 0 Å². The van der Waals surface area contributed by atoms with Gasteiger partial charge in [-0.2, -0.15) is 4.99 Å². The van der Waals surface area contributed by atoms with Gasteiger partial charge in [0, 0.05) is 6.54 Å². The van der Waals surface area contributed by atoms with Gasteiger partial charge in [0.1, 0.15) is 5.69 Å². The van der Waals surface area contributed by atoms with Crippen molar-refractivity contribution < 1.29 is 4.79 Å². The van der Waals surface area contributed by atoms with E-state index in [4.69, 9.17) is 23.2 Å². The van der Waals surface area contributed by atoms with Crippen molar-refractivity contribution in [2.45, 2.75) is 19.3 Å². The van der Waals surface area contributed by atoms with Crippen LogP contribution >= 0.6 is 35.6 Å². The van der Waals surface area contributed by atoms with Crippen molar-refractivity contribution in [1.82, 2.24) is 4.90 Å². The Morgan fingerprint density at radius 3 is 2.32 bits per heavy atom. The molecule has 104 valence electrons. The van der Waals surface area contributed by atoms with Gasteiger partial charge in [0.05, 0.1) is 10.0 Å². The first-order valence-corrected chi connectivity index (χ1v) is 6.74. The maximum absolute atomic E-state index is 10.2. The van der Waals surface area contributed by atoms with Gasteiger partial charge in [-0.3, -0.25) is 0 Å². The summed E-state index contributed by atoms with van der Waals surface area (Å²) in [5.74, 6) is 0. The molecule has 0 aromatic heterocycles. The van der Waals surface area contributed by atoms with Crippen LogP contribution in [0.15, 0.2) is 17.1 Å². The Morgan fingerprint density at radius 1 is 1.21 bits per heavy atom. The fourth-order valence-electron chi connectivity index (χ4n) is 2.21. The van der Waals surface area contributed by atoms with Crippen LogP contribution in [0.3, 0.4) is 0 Å². The van der Waals surface area contributed by atoms with Crippen molar-refractivity contribution in [1.29, 1.82) is 0 Å². The Labute approximate surface area is 129 Å². The summed E-state index contributed by atoms with van der Waals surface area (Å²) in [4.78, 5) is 16.2. The summed E-state index contributed by atoms with van der Waals surface area (Å²) < 4.78 is 0. The smallest absolute Gasteiger partial charge is 0.240 e. The molecule has 6 heteroatoms. The van der Waals surface area contributed by atoms with Gasteiger partial charge < -0.3 is 4.90 Å². The number of nitrogens with zero attached hydrogens (tertiary/aromatic N) is 2. The van der Waals surface area contributed by atoms with Crippen molar-refractivity contribution in [3.8, 4) is 0 Å². The minimum atomic E-state index is 0. The van der Waals surface area contributed by atoms with E-state index >= 15 is 0 Å². The molecular formula is C13H15Cl3N2O. The standard InChI is InChI=1S/C13H14Cl2N2O.ClH/c14-11-7-10(3-6-17-4-1-2-5-17)8-12(15)13(11)16-9-18;/h7-8H,1-6H2;1H. The molecule has 0 amide bonds. The molecule has 1 aromatic rings. The number of hydrogen-bond donors (Lipinski definition) is 0. The Balaban J connectivity index is 0.00000180. The lowest BCUT2D eigenvalue weighted by atomic mass is 10.1. The molecule has 0 bridgehead atoms. The molecule has 1 aliphatic heterocycles.